The summed E-state index contributed by atoms with van der Waals surface area (Å²) < 4.78 is 23.5. The van der Waals surface area contributed by atoms with Gasteiger partial charge in [0.15, 0.2) is 23.0 Å². The van der Waals surface area contributed by atoms with Gasteiger partial charge in [-0.2, -0.15) is 0 Å². The summed E-state index contributed by atoms with van der Waals surface area (Å²) in [5, 5.41) is 0. The third-order valence-corrected chi connectivity index (χ3v) is 7.75. The largest absolute Gasteiger partial charge is 0.493 e. The van der Waals surface area contributed by atoms with Gasteiger partial charge in [-0.05, 0) is 73.1 Å². The zero-order chi connectivity index (χ0) is 24.6. The first-order chi connectivity index (χ1) is 17.7. The predicted octanol–water partition coefficient (Wildman–Crippen LogP) is 6.30. The molecule has 1 unspecified atom stereocenters. The van der Waals surface area contributed by atoms with Crippen LogP contribution in [0, 0.1) is 0 Å². The van der Waals surface area contributed by atoms with Crippen molar-refractivity contribution in [3.8, 4) is 23.0 Å². The summed E-state index contributed by atoms with van der Waals surface area (Å²) in [6.45, 7) is 4.43. The topological polar surface area (TPSA) is 40.2 Å². The minimum Gasteiger partial charge on any atom is -0.493 e. The van der Waals surface area contributed by atoms with Crippen molar-refractivity contribution in [2.75, 3.05) is 34.0 Å². The molecule has 0 bridgehead atoms. The maximum absolute atomic E-state index is 6.00. The van der Waals surface area contributed by atoms with E-state index in [9.17, 15) is 0 Å². The molecule has 3 heterocycles. The lowest BCUT2D eigenvalue weighted by Crippen LogP contribution is -2.36. The van der Waals surface area contributed by atoms with E-state index in [2.05, 4.69) is 60.4 Å². The first kappa shape index (κ1) is 22.8. The van der Waals surface area contributed by atoms with E-state index in [1.807, 2.05) is 6.07 Å². The number of hydrogen-bond donors (Lipinski definition) is 0. The van der Waals surface area contributed by atoms with Gasteiger partial charge >= 0.3 is 0 Å². The Bertz CT molecular complexity index is 1310. The second-order valence-corrected chi connectivity index (χ2v) is 9.70. The molecule has 3 aromatic rings. The van der Waals surface area contributed by atoms with Gasteiger partial charge in [-0.15, -0.1) is 0 Å². The lowest BCUT2D eigenvalue weighted by atomic mass is 9.80. The number of hydrogen-bond acceptors (Lipinski definition) is 5. The van der Waals surface area contributed by atoms with Gasteiger partial charge in [0.1, 0.15) is 13.2 Å². The van der Waals surface area contributed by atoms with Crippen molar-refractivity contribution in [3.05, 3.63) is 82.4 Å². The van der Waals surface area contributed by atoms with Gasteiger partial charge in [0.25, 0.3) is 0 Å². The number of rotatable bonds is 6. The molecule has 3 aromatic carbocycles. The van der Waals surface area contributed by atoms with E-state index in [0.29, 0.717) is 13.2 Å². The van der Waals surface area contributed by atoms with Crippen molar-refractivity contribution in [1.82, 2.24) is 4.90 Å². The molecule has 36 heavy (non-hydrogen) atoms. The summed E-state index contributed by atoms with van der Waals surface area (Å²) in [5.41, 5.74) is 9.17. The van der Waals surface area contributed by atoms with Crippen LogP contribution in [-0.2, 0) is 12.8 Å². The van der Waals surface area contributed by atoms with Gasteiger partial charge in [0.05, 0.1) is 20.3 Å². The summed E-state index contributed by atoms with van der Waals surface area (Å²) >= 11 is 0. The summed E-state index contributed by atoms with van der Waals surface area (Å²) in [6.07, 6.45) is 4.06. The highest BCUT2D eigenvalue weighted by molar-refractivity contribution is 5.95. The number of aryl methyl sites for hydroxylation is 1. The van der Waals surface area contributed by atoms with Crippen molar-refractivity contribution in [1.29, 1.82) is 0 Å². The molecule has 0 saturated heterocycles. The molecule has 0 radical (unpaired) electrons. The van der Waals surface area contributed by atoms with Crippen LogP contribution < -0.4 is 18.9 Å². The van der Waals surface area contributed by atoms with Crippen LogP contribution in [-0.4, -0.2) is 38.9 Å². The fraction of sp³-hybridized carbons (Fsp3) is 0.355. The molecule has 0 aliphatic carbocycles. The van der Waals surface area contributed by atoms with Crippen LogP contribution in [0.3, 0.4) is 0 Å². The highest BCUT2D eigenvalue weighted by Crippen LogP contribution is 2.53. The Balaban J connectivity index is 1.51. The lowest BCUT2D eigenvalue weighted by Gasteiger charge is -2.44. The molecule has 3 aliphatic rings. The molecule has 6 rings (SSSR count). The normalized spacial score (nSPS) is 17.8. The molecule has 3 aliphatic heterocycles. The Morgan fingerprint density at radius 3 is 2.42 bits per heavy atom. The number of ether oxygens (including phenoxy) is 4. The van der Waals surface area contributed by atoms with E-state index in [1.54, 1.807) is 14.2 Å². The summed E-state index contributed by atoms with van der Waals surface area (Å²) in [5.74, 6) is 3.35. The van der Waals surface area contributed by atoms with E-state index in [-0.39, 0.29) is 6.04 Å². The number of methoxy groups -OCH3 is 2. The molecule has 0 fully saturated rings. The Morgan fingerprint density at radius 2 is 1.67 bits per heavy atom. The summed E-state index contributed by atoms with van der Waals surface area (Å²) in [4.78, 5) is 2.56. The minimum absolute atomic E-state index is 0.166. The number of benzene rings is 3. The van der Waals surface area contributed by atoms with Gasteiger partial charge in [0, 0.05) is 23.4 Å². The Hall–Kier alpha value is -3.60. The monoisotopic (exact) mass is 483 g/mol. The Labute approximate surface area is 213 Å². The molecule has 5 heteroatoms. The van der Waals surface area contributed by atoms with E-state index >= 15 is 0 Å². The number of fused-ring (bicyclic) bond motifs is 5. The standard InChI is InChI=1S/C31H33NO4/c1-20-29-23(12-13-26(33-2)31(29)34-3)24(11-7-10-21-8-5-4-6-9-21)30-25-19-28-27(35-16-17-36-28)18-22(25)14-15-32(20)30/h4-6,8-9,12-13,18-20H,7,10-11,14-17H2,1-3H3. The van der Waals surface area contributed by atoms with Gasteiger partial charge in [-0.25, -0.2) is 0 Å². The van der Waals surface area contributed by atoms with Gasteiger partial charge in [-0.1, -0.05) is 36.4 Å². The highest BCUT2D eigenvalue weighted by Gasteiger charge is 2.37. The minimum atomic E-state index is 0.166. The Kier molecular flexibility index (Phi) is 6.00. The molecule has 5 nitrogen and oxygen atoms in total. The maximum atomic E-state index is 6.00. The van der Waals surface area contributed by atoms with Crippen molar-refractivity contribution < 1.29 is 18.9 Å². The third-order valence-electron chi connectivity index (χ3n) is 7.75. The summed E-state index contributed by atoms with van der Waals surface area (Å²) in [6, 6.07) is 19.6. The van der Waals surface area contributed by atoms with Gasteiger partial charge in [0.2, 0.25) is 0 Å². The van der Waals surface area contributed by atoms with Crippen LogP contribution in [0.25, 0.3) is 11.3 Å². The first-order valence-electron chi connectivity index (χ1n) is 12.9. The molecule has 0 N–H and O–H groups in total. The average Bonchev–Trinajstić information content (AvgIpc) is 2.93. The zero-order valence-corrected chi connectivity index (χ0v) is 21.3. The quantitative estimate of drug-likeness (QED) is 0.412. The van der Waals surface area contributed by atoms with Crippen LogP contribution in [0.4, 0.5) is 0 Å². The van der Waals surface area contributed by atoms with Gasteiger partial charge in [-0.3, -0.25) is 0 Å². The fourth-order valence-electron chi connectivity index (χ4n) is 6.07. The second kappa shape index (κ2) is 9.45. The smallest absolute Gasteiger partial charge is 0.166 e. The first-order valence-corrected chi connectivity index (χ1v) is 12.9. The lowest BCUT2D eigenvalue weighted by molar-refractivity contribution is 0.171. The highest BCUT2D eigenvalue weighted by atomic mass is 16.6. The molecule has 0 amide bonds. The Morgan fingerprint density at radius 1 is 0.889 bits per heavy atom. The molecule has 0 aromatic heterocycles. The van der Waals surface area contributed by atoms with E-state index < -0.39 is 0 Å². The fourth-order valence-corrected chi connectivity index (χ4v) is 6.07. The molecule has 1 atom stereocenters. The molecule has 186 valence electrons. The second-order valence-electron chi connectivity index (χ2n) is 9.70. The number of nitrogens with zero attached hydrogens (tertiary/aromatic N) is 1. The van der Waals surface area contributed by atoms with E-state index in [1.165, 1.54) is 39.1 Å². The maximum Gasteiger partial charge on any atom is 0.166 e. The molecule has 0 spiro atoms. The average molecular weight is 484 g/mol. The van der Waals surface area contributed by atoms with Crippen LogP contribution in [0.1, 0.15) is 53.6 Å². The number of allylic oxidation sites excluding steroid dienone is 1. The van der Waals surface area contributed by atoms with E-state index in [4.69, 9.17) is 18.9 Å². The van der Waals surface area contributed by atoms with Crippen LogP contribution in [0.5, 0.6) is 23.0 Å². The molecular weight excluding hydrogens is 450 g/mol. The summed E-state index contributed by atoms with van der Waals surface area (Å²) in [7, 11) is 3.45. The van der Waals surface area contributed by atoms with Gasteiger partial charge < -0.3 is 23.8 Å². The van der Waals surface area contributed by atoms with E-state index in [0.717, 1.165) is 55.2 Å². The van der Waals surface area contributed by atoms with Crippen LogP contribution in [0.15, 0.2) is 54.6 Å². The van der Waals surface area contributed by atoms with Crippen molar-refractivity contribution in [3.63, 3.8) is 0 Å². The zero-order valence-electron chi connectivity index (χ0n) is 21.3. The molecular formula is C31H33NO4. The van der Waals surface area contributed by atoms with Crippen LogP contribution in [0.2, 0.25) is 0 Å². The SMILES string of the molecule is COc1ccc2c(c1OC)C(C)N1CCc3cc4c(cc3C1=C2CCCc1ccccc1)OCCO4. The predicted molar refractivity (Wildman–Crippen MR) is 142 cm³/mol. The molecule has 0 saturated carbocycles. The van der Waals surface area contributed by atoms with Crippen molar-refractivity contribution in [2.45, 2.75) is 38.6 Å². The van der Waals surface area contributed by atoms with Crippen LogP contribution >= 0.6 is 0 Å². The van der Waals surface area contributed by atoms with Crippen molar-refractivity contribution >= 4 is 11.3 Å². The van der Waals surface area contributed by atoms with Crippen molar-refractivity contribution in [2.24, 2.45) is 0 Å². The third kappa shape index (κ3) is 3.78.